The predicted molar refractivity (Wildman–Crippen MR) is 90.2 cm³/mol. The van der Waals surface area contributed by atoms with Crippen LogP contribution in [0.5, 0.6) is 0 Å². The lowest BCUT2D eigenvalue weighted by molar-refractivity contribution is 0.602. The summed E-state index contributed by atoms with van der Waals surface area (Å²) in [5.74, 6) is 0.253. The van der Waals surface area contributed by atoms with Crippen LogP contribution in [0.2, 0.25) is 5.02 Å². The molecule has 0 bridgehead atoms. The van der Waals surface area contributed by atoms with Gasteiger partial charge in [-0.25, -0.2) is 13.4 Å². The quantitative estimate of drug-likeness (QED) is 0.530. The first-order valence-corrected chi connectivity index (χ1v) is 8.63. The van der Waals surface area contributed by atoms with Crippen LogP contribution in [0.1, 0.15) is 0 Å². The topological polar surface area (TPSA) is 90.6 Å². The van der Waals surface area contributed by atoms with Crippen molar-refractivity contribution in [3.05, 3.63) is 53.8 Å². The Morgan fingerprint density at radius 3 is 2.83 bits per heavy atom. The van der Waals surface area contributed by atoms with Gasteiger partial charge in [-0.3, -0.25) is 4.72 Å². The lowest BCUT2D eigenvalue weighted by Crippen LogP contribution is -2.13. The van der Waals surface area contributed by atoms with E-state index >= 15 is 0 Å². The van der Waals surface area contributed by atoms with Crippen LogP contribution in [0.15, 0.2) is 53.7 Å². The summed E-state index contributed by atoms with van der Waals surface area (Å²) in [5, 5.41) is 2.02. The molecule has 0 unspecified atom stereocenters. The monoisotopic (exact) mass is 346 g/mol. The minimum atomic E-state index is -3.76. The first-order valence-electron chi connectivity index (χ1n) is 6.76. The van der Waals surface area contributed by atoms with E-state index in [0.29, 0.717) is 21.6 Å². The number of nitrogens with one attached hydrogen (secondary N) is 3. The second-order valence-electron chi connectivity index (χ2n) is 5.06. The summed E-state index contributed by atoms with van der Waals surface area (Å²) in [6, 6.07) is 10.3. The Balaban J connectivity index is 1.76. The highest BCUT2D eigenvalue weighted by Crippen LogP contribution is 2.27. The highest BCUT2D eigenvalue weighted by molar-refractivity contribution is 7.93. The molecule has 23 heavy (non-hydrogen) atoms. The van der Waals surface area contributed by atoms with Crippen molar-refractivity contribution in [2.24, 2.45) is 0 Å². The maximum atomic E-state index is 12.6. The van der Waals surface area contributed by atoms with Crippen LogP contribution in [0.4, 0.5) is 5.82 Å². The number of halogens is 1. The maximum absolute atomic E-state index is 12.6. The van der Waals surface area contributed by atoms with E-state index in [1.807, 2.05) is 6.07 Å². The Kier molecular flexibility index (Phi) is 3.07. The van der Waals surface area contributed by atoms with Crippen molar-refractivity contribution >= 4 is 49.4 Å². The SMILES string of the molecule is O=S(=O)(Nc1ccc2cc[nH]c2n1)c1c[nH]c2cc(Cl)ccc12. The van der Waals surface area contributed by atoms with Crippen molar-refractivity contribution in [3.8, 4) is 0 Å². The standard InChI is InChI=1S/C15H11ClN4O2S/c16-10-2-3-11-12(7-10)18-8-13(11)23(21,22)20-14-4-1-9-5-6-17-15(9)19-14/h1-8,18H,(H2,17,19,20). The lowest BCUT2D eigenvalue weighted by atomic mass is 10.2. The normalized spacial score (nSPS) is 12.0. The Morgan fingerprint density at radius 1 is 1.09 bits per heavy atom. The number of hydrogen-bond donors (Lipinski definition) is 3. The fraction of sp³-hybridized carbons (Fsp3) is 0. The molecule has 4 rings (SSSR count). The molecular weight excluding hydrogens is 336 g/mol. The lowest BCUT2D eigenvalue weighted by Gasteiger charge is -2.06. The Hall–Kier alpha value is -2.51. The summed E-state index contributed by atoms with van der Waals surface area (Å²) in [6.07, 6.45) is 3.19. The van der Waals surface area contributed by atoms with E-state index in [0.717, 1.165) is 5.39 Å². The van der Waals surface area contributed by atoms with Crippen molar-refractivity contribution in [2.45, 2.75) is 4.90 Å². The predicted octanol–water partition coefficient (Wildman–Crippen LogP) is 3.50. The van der Waals surface area contributed by atoms with Gasteiger partial charge >= 0.3 is 0 Å². The van der Waals surface area contributed by atoms with Gasteiger partial charge in [0.15, 0.2) is 0 Å². The van der Waals surface area contributed by atoms with E-state index in [1.54, 1.807) is 36.5 Å². The summed E-state index contributed by atoms with van der Waals surface area (Å²) in [6.45, 7) is 0. The molecule has 0 atom stereocenters. The minimum absolute atomic E-state index is 0.151. The second kappa shape index (κ2) is 5.00. The third-order valence-corrected chi connectivity index (χ3v) is 5.17. The number of rotatable bonds is 3. The van der Waals surface area contributed by atoms with Crippen LogP contribution in [0, 0.1) is 0 Å². The van der Waals surface area contributed by atoms with Crippen LogP contribution in [0.3, 0.4) is 0 Å². The number of sulfonamides is 1. The van der Waals surface area contributed by atoms with Gasteiger partial charge in [0.05, 0.1) is 0 Å². The van der Waals surface area contributed by atoms with Gasteiger partial charge in [0.1, 0.15) is 16.4 Å². The fourth-order valence-electron chi connectivity index (χ4n) is 2.47. The highest BCUT2D eigenvalue weighted by atomic mass is 35.5. The Labute approximate surface area is 136 Å². The third-order valence-electron chi connectivity index (χ3n) is 3.54. The van der Waals surface area contributed by atoms with E-state index in [4.69, 9.17) is 11.6 Å². The number of benzene rings is 1. The molecule has 0 radical (unpaired) electrons. The van der Waals surface area contributed by atoms with Crippen LogP contribution >= 0.6 is 11.6 Å². The van der Waals surface area contributed by atoms with Gasteiger partial charge in [0.25, 0.3) is 10.0 Å². The molecule has 0 amide bonds. The van der Waals surface area contributed by atoms with E-state index in [9.17, 15) is 8.42 Å². The van der Waals surface area contributed by atoms with Crippen molar-refractivity contribution < 1.29 is 8.42 Å². The smallest absolute Gasteiger partial charge is 0.265 e. The molecular formula is C15H11ClN4O2S. The van der Waals surface area contributed by atoms with Gasteiger partial charge in [-0.2, -0.15) is 0 Å². The van der Waals surface area contributed by atoms with E-state index < -0.39 is 10.0 Å². The molecule has 0 spiro atoms. The van der Waals surface area contributed by atoms with E-state index in [-0.39, 0.29) is 10.7 Å². The van der Waals surface area contributed by atoms with Gasteiger partial charge in [-0.05, 0) is 36.4 Å². The first kappa shape index (κ1) is 14.1. The van der Waals surface area contributed by atoms with Crippen LogP contribution in [0.25, 0.3) is 21.9 Å². The second-order valence-corrected chi connectivity index (χ2v) is 7.15. The molecule has 4 aromatic rings. The molecule has 0 fully saturated rings. The molecule has 0 saturated carbocycles. The maximum Gasteiger partial charge on any atom is 0.265 e. The van der Waals surface area contributed by atoms with Crippen molar-refractivity contribution in [3.63, 3.8) is 0 Å². The van der Waals surface area contributed by atoms with Crippen LogP contribution in [-0.4, -0.2) is 23.4 Å². The summed E-state index contributed by atoms with van der Waals surface area (Å²) in [7, 11) is -3.76. The van der Waals surface area contributed by atoms with Crippen LogP contribution in [-0.2, 0) is 10.0 Å². The molecule has 3 N–H and O–H groups in total. The minimum Gasteiger partial charge on any atom is -0.360 e. The number of anilines is 1. The summed E-state index contributed by atoms with van der Waals surface area (Å²) in [4.78, 5) is 10.3. The highest BCUT2D eigenvalue weighted by Gasteiger charge is 2.20. The number of nitrogens with zero attached hydrogens (tertiary/aromatic N) is 1. The van der Waals surface area contributed by atoms with Crippen molar-refractivity contribution in [1.29, 1.82) is 0 Å². The zero-order valence-electron chi connectivity index (χ0n) is 11.7. The van der Waals surface area contributed by atoms with Crippen molar-refractivity contribution in [2.75, 3.05) is 4.72 Å². The zero-order chi connectivity index (χ0) is 16.0. The average Bonchev–Trinajstić information content (AvgIpc) is 3.12. The van der Waals surface area contributed by atoms with Gasteiger partial charge in [0.2, 0.25) is 0 Å². The van der Waals surface area contributed by atoms with E-state index in [2.05, 4.69) is 19.7 Å². The molecule has 1 aromatic carbocycles. The number of H-pyrrole nitrogens is 2. The van der Waals surface area contributed by atoms with Crippen molar-refractivity contribution in [1.82, 2.24) is 15.0 Å². The van der Waals surface area contributed by atoms with Gasteiger partial charge in [-0.15, -0.1) is 0 Å². The van der Waals surface area contributed by atoms with Gasteiger partial charge in [-0.1, -0.05) is 11.6 Å². The molecule has 8 heteroatoms. The fourth-order valence-corrected chi connectivity index (χ4v) is 3.83. The largest absolute Gasteiger partial charge is 0.360 e. The summed E-state index contributed by atoms with van der Waals surface area (Å²) < 4.78 is 27.7. The summed E-state index contributed by atoms with van der Waals surface area (Å²) in [5.41, 5.74) is 1.28. The molecule has 3 aromatic heterocycles. The molecule has 0 aliphatic carbocycles. The van der Waals surface area contributed by atoms with E-state index in [1.165, 1.54) is 6.20 Å². The third kappa shape index (κ3) is 2.43. The van der Waals surface area contributed by atoms with Crippen LogP contribution < -0.4 is 4.72 Å². The first-order chi connectivity index (χ1) is 11.0. The molecule has 0 aliphatic rings. The molecule has 0 aliphatic heterocycles. The van der Waals surface area contributed by atoms with Gasteiger partial charge < -0.3 is 9.97 Å². The number of fused-ring (bicyclic) bond motifs is 2. The summed E-state index contributed by atoms with van der Waals surface area (Å²) >= 11 is 5.92. The number of hydrogen-bond acceptors (Lipinski definition) is 3. The number of aromatic amines is 2. The molecule has 116 valence electrons. The van der Waals surface area contributed by atoms with Gasteiger partial charge in [0, 0.05) is 33.7 Å². The average molecular weight is 347 g/mol. The zero-order valence-corrected chi connectivity index (χ0v) is 13.2. The number of pyridine rings is 1. The molecule has 3 heterocycles. The molecule has 6 nitrogen and oxygen atoms in total. The Bertz CT molecular complexity index is 1130. The number of aromatic nitrogens is 3. The molecule has 0 saturated heterocycles. The Morgan fingerprint density at radius 2 is 1.96 bits per heavy atom.